The van der Waals surface area contributed by atoms with Crippen LogP contribution in [0.5, 0.6) is 5.75 Å². The highest BCUT2D eigenvalue weighted by Gasteiger charge is 2.24. The van der Waals surface area contributed by atoms with Gasteiger partial charge in [0.05, 0.1) is 13.7 Å². The van der Waals surface area contributed by atoms with Gasteiger partial charge in [-0.15, -0.1) is 0 Å². The minimum atomic E-state index is -0.00119. The number of benzene rings is 2. The average molecular weight is 310 g/mol. The molecule has 0 spiro atoms. The van der Waals surface area contributed by atoms with Crippen molar-refractivity contribution in [3.8, 4) is 5.75 Å². The predicted octanol–water partition coefficient (Wildman–Crippen LogP) is 3.48. The molecule has 1 unspecified atom stereocenters. The van der Waals surface area contributed by atoms with Crippen LogP contribution >= 0.6 is 0 Å². The van der Waals surface area contributed by atoms with Crippen molar-refractivity contribution in [3.05, 3.63) is 54.1 Å². The zero-order valence-corrected chi connectivity index (χ0v) is 13.6. The molecule has 1 heterocycles. The van der Waals surface area contributed by atoms with Crippen molar-refractivity contribution in [2.45, 2.75) is 25.8 Å². The molecule has 1 aliphatic rings. The van der Waals surface area contributed by atoms with E-state index in [2.05, 4.69) is 35.3 Å². The maximum absolute atomic E-state index is 12.4. The van der Waals surface area contributed by atoms with Gasteiger partial charge in [-0.25, -0.2) is 0 Å². The summed E-state index contributed by atoms with van der Waals surface area (Å²) in [6.07, 6.45) is 2.15. The van der Waals surface area contributed by atoms with Crippen molar-refractivity contribution in [1.82, 2.24) is 0 Å². The summed E-state index contributed by atoms with van der Waals surface area (Å²) < 4.78 is 5.13. The SMILES string of the molecule is COc1ccc(NC(=O)CN2c3ccccc3CCC2C)cc1. The van der Waals surface area contributed by atoms with Crippen LogP contribution in [0.1, 0.15) is 18.9 Å². The molecule has 1 amide bonds. The standard InChI is InChI=1S/C19H22N2O2/c1-14-7-8-15-5-3-4-6-18(15)21(14)13-19(22)20-16-9-11-17(23-2)12-10-16/h3-6,9-12,14H,7-8,13H2,1-2H3,(H,20,22). The van der Waals surface area contributed by atoms with Gasteiger partial charge in [0.25, 0.3) is 0 Å². The van der Waals surface area contributed by atoms with E-state index in [9.17, 15) is 4.79 Å². The molecule has 120 valence electrons. The summed E-state index contributed by atoms with van der Waals surface area (Å²) in [5.41, 5.74) is 3.28. The average Bonchev–Trinajstić information content (AvgIpc) is 2.58. The van der Waals surface area contributed by atoms with Crippen LogP contribution in [0.4, 0.5) is 11.4 Å². The number of carbonyl (C=O) groups is 1. The van der Waals surface area contributed by atoms with Crippen LogP contribution in [0.25, 0.3) is 0 Å². The minimum Gasteiger partial charge on any atom is -0.497 e. The first kappa shape index (κ1) is 15.4. The molecule has 4 nitrogen and oxygen atoms in total. The monoisotopic (exact) mass is 310 g/mol. The third-order valence-electron chi connectivity index (χ3n) is 4.35. The second-order valence-corrected chi connectivity index (χ2v) is 5.92. The van der Waals surface area contributed by atoms with E-state index in [1.165, 1.54) is 11.3 Å². The highest BCUT2D eigenvalue weighted by molar-refractivity contribution is 5.94. The van der Waals surface area contributed by atoms with Crippen LogP contribution in [0.2, 0.25) is 0 Å². The first-order chi connectivity index (χ1) is 11.2. The Morgan fingerprint density at radius 2 is 1.96 bits per heavy atom. The van der Waals surface area contributed by atoms with Crippen LogP contribution in [0.3, 0.4) is 0 Å². The number of nitrogens with one attached hydrogen (secondary N) is 1. The molecule has 1 atom stereocenters. The Labute approximate surface area is 137 Å². The topological polar surface area (TPSA) is 41.6 Å². The van der Waals surface area contributed by atoms with E-state index in [-0.39, 0.29) is 5.91 Å². The number of fused-ring (bicyclic) bond motifs is 1. The number of para-hydroxylation sites is 1. The number of hydrogen-bond acceptors (Lipinski definition) is 3. The normalized spacial score (nSPS) is 16.6. The van der Waals surface area contributed by atoms with Crippen LogP contribution in [-0.4, -0.2) is 25.6 Å². The lowest BCUT2D eigenvalue weighted by molar-refractivity contribution is -0.115. The van der Waals surface area contributed by atoms with Crippen molar-refractivity contribution in [2.75, 3.05) is 23.9 Å². The van der Waals surface area contributed by atoms with E-state index in [1.807, 2.05) is 30.3 Å². The Hall–Kier alpha value is -2.49. The van der Waals surface area contributed by atoms with Crippen molar-refractivity contribution in [2.24, 2.45) is 0 Å². The summed E-state index contributed by atoms with van der Waals surface area (Å²) in [5.74, 6) is 0.778. The number of hydrogen-bond donors (Lipinski definition) is 1. The molecule has 0 saturated heterocycles. The molecule has 1 aliphatic heterocycles. The van der Waals surface area contributed by atoms with Gasteiger partial charge in [-0.1, -0.05) is 18.2 Å². The summed E-state index contributed by atoms with van der Waals surface area (Å²) in [6, 6.07) is 16.1. The van der Waals surface area contributed by atoms with Gasteiger partial charge in [-0.05, 0) is 55.7 Å². The lowest BCUT2D eigenvalue weighted by atomic mass is 9.96. The minimum absolute atomic E-state index is 0.00119. The van der Waals surface area contributed by atoms with E-state index in [0.717, 1.165) is 24.3 Å². The first-order valence-electron chi connectivity index (χ1n) is 7.96. The van der Waals surface area contributed by atoms with Crippen molar-refractivity contribution < 1.29 is 9.53 Å². The van der Waals surface area contributed by atoms with E-state index >= 15 is 0 Å². The first-order valence-corrected chi connectivity index (χ1v) is 7.96. The quantitative estimate of drug-likeness (QED) is 0.940. The van der Waals surface area contributed by atoms with Gasteiger partial charge in [-0.3, -0.25) is 4.79 Å². The van der Waals surface area contributed by atoms with Crippen LogP contribution in [-0.2, 0) is 11.2 Å². The Bertz CT molecular complexity index is 682. The van der Waals surface area contributed by atoms with Crippen LogP contribution < -0.4 is 15.0 Å². The number of anilines is 2. The van der Waals surface area contributed by atoms with E-state index < -0.39 is 0 Å². The molecular formula is C19H22N2O2. The van der Waals surface area contributed by atoms with Gasteiger partial charge >= 0.3 is 0 Å². The molecule has 0 aromatic heterocycles. The molecule has 2 aromatic rings. The number of methoxy groups -OCH3 is 1. The van der Waals surface area contributed by atoms with Crippen molar-refractivity contribution in [1.29, 1.82) is 0 Å². The number of carbonyl (C=O) groups excluding carboxylic acids is 1. The zero-order chi connectivity index (χ0) is 16.2. The van der Waals surface area contributed by atoms with Crippen LogP contribution in [0, 0.1) is 0 Å². The molecule has 0 bridgehead atoms. The van der Waals surface area contributed by atoms with Crippen molar-refractivity contribution in [3.63, 3.8) is 0 Å². The Balaban J connectivity index is 1.69. The zero-order valence-electron chi connectivity index (χ0n) is 13.6. The molecule has 0 fully saturated rings. The third kappa shape index (κ3) is 3.47. The summed E-state index contributed by atoms with van der Waals surface area (Å²) in [6.45, 7) is 2.54. The van der Waals surface area contributed by atoms with Crippen molar-refractivity contribution >= 4 is 17.3 Å². The second kappa shape index (κ2) is 6.73. The highest BCUT2D eigenvalue weighted by atomic mass is 16.5. The summed E-state index contributed by atoms with van der Waals surface area (Å²) in [4.78, 5) is 14.6. The largest absolute Gasteiger partial charge is 0.497 e. The van der Waals surface area contributed by atoms with Gasteiger partial charge in [0.15, 0.2) is 0 Å². The molecule has 3 rings (SSSR count). The summed E-state index contributed by atoms with van der Waals surface area (Å²) in [5, 5.41) is 2.96. The van der Waals surface area contributed by atoms with Gasteiger partial charge in [0, 0.05) is 17.4 Å². The van der Waals surface area contributed by atoms with Gasteiger partial charge in [0.2, 0.25) is 5.91 Å². The van der Waals surface area contributed by atoms with E-state index in [1.54, 1.807) is 7.11 Å². The van der Waals surface area contributed by atoms with E-state index in [0.29, 0.717) is 12.6 Å². The molecule has 0 radical (unpaired) electrons. The fourth-order valence-electron chi connectivity index (χ4n) is 3.03. The maximum Gasteiger partial charge on any atom is 0.243 e. The molecule has 2 aromatic carbocycles. The Morgan fingerprint density at radius 3 is 2.70 bits per heavy atom. The van der Waals surface area contributed by atoms with Gasteiger partial charge in [-0.2, -0.15) is 0 Å². The summed E-state index contributed by atoms with van der Waals surface area (Å²) >= 11 is 0. The molecule has 4 heteroatoms. The number of amides is 1. The summed E-state index contributed by atoms with van der Waals surface area (Å²) in [7, 11) is 1.63. The maximum atomic E-state index is 12.4. The highest BCUT2D eigenvalue weighted by Crippen LogP contribution is 2.30. The van der Waals surface area contributed by atoms with Crippen LogP contribution in [0.15, 0.2) is 48.5 Å². The predicted molar refractivity (Wildman–Crippen MR) is 93.2 cm³/mol. The molecule has 0 saturated carbocycles. The third-order valence-corrected chi connectivity index (χ3v) is 4.35. The lowest BCUT2D eigenvalue weighted by Gasteiger charge is -2.36. The fourth-order valence-corrected chi connectivity index (χ4v) is 3.03. The number of nitrogens with zero attached hydrogens (tertiary/aromatic N) is 1. The molecule has 1 N–H and O–H groups in total. The van der Waals surface area contributed by atoms with Gasteiger partial charge < -0.3 is 15.0 Å². The van der Waals surface area contributed by atoms with E-state index in [4.69, 9.17) is 4.74 Å². The molecular weight excluding hydrogens is 288 g/mol. The fraction of sp³-hybridized carbons (Fsp3) is 0.316. The number of rotatable bonds is 4. The number of aryl methyl sites for hydroxylation is 1. The lowest BCUT2D eigenvalue weighted by Crippen LogP contribution is -2.42. The Kier molecular flexibility index (Phi) is 4.51. The molecule has 23 heavy (non-hydrogen) atoms. The molecule has 0 aliphatic carbocycles. The number of ether oxygens (including phenoxy) is 1. The Morgan fingerprint density at radius 1 is 1.22 bits per heavy atom. The van der Waals surface area contributed by atoms with Gasteiger partial charge in [0.1, 0.15) is 5.75 Å². The smallest absolute Gasteiger partial charge is 0.243 e. The second-order valence-electron chi connectivity index (χ2n) is 5.92.